The van der Waals surface area contributed by atoms with Gasteiger partial charge in [-0.1, -0.05) is 24.3 Å². The Morgan fingerprint density at radius 1 is 1.09 bits per heavy atom. The Kier molecular flexibility index (Phi) is 6.26. The van der Waals surface area contributed by atoms with E-state index in [4.69, 9.17) is 10.1 Å². The smallest absolute Gasteiger partial charge is 0.335 e. The number of rotatable bonds is 7. The number of phenols is 1. The molecule has 1 heterocycles. The Labute approximate surface area is 195 Å². The number of aromatic hydroxyl groups is 1. The summed E-state index contributed by atoms with van der Waals surface area (Å²) in [7, 11) is 0. The van der Waals surface area contributed by atoms with E-state index in [1.54, 1.807) is 42.5 Å². The Morgan fingerprint density at radius 2 is 1.88 bits per heavy atom. The molecule has 0 saturated heterocycles. The van der Waals surface area contributed by atoms with Gasteiger partial charge in [-0.15, -0.1) is 0 Å². The molecule has 0 unspecified atom stereocenters. The molecule has 0 aliphatic carbocycles. The van der Waals surface area contributed by atoms with Crippen LogP contribution in [0.15, 0.2) is 65.8 Å². The Balaban J connectivity index is 1.56. The fraction of sp³-hybridized carbons (Fsp3) is 0.120. The molecule has 0 bridgehead atoms. The number of anilines is 2. The minimum Gasteiger partial charge on any atom is -0.505 e. The molecular weight excluding hydrogens is 436 g/mol. The SMILES string of the molecule is CC(=N)/C(=N/Nc1cccc(-c2cccc(C(=O)O)c2)c1O)C(=O)Nc1ccc2c(c1)CCO2. The summed E-state index contributed by atoms with van der Waals surface area (Å²) in [6.07, 6.45) is 0.760. The van der Waals surface area contributed by atoms with E-state index in [0.29, 0.717) is 23.4 Å². The van der Waals surface area contributed by atoms with Gasteiger partial charge in [-0.3, -0.25) is 10.2 Å². The van der Waals surface area contributed by atoms with E-state index in [1.807, 2.05) is 6.07 Å². The number of hydrogen-bond donors (Lipinski definition) is 5. The van der Waals surface area contributed by atoms with Crippen molar-refractivity contribution in [1.29, 1.82) is 5.41 Å². The van der Waals surface area contributed by atoms with Crippen molar-refractivity contribution in [2.24, 2.45) is 5.10 Å². The first-order chi connectivity index (χ1) is 16.3. The second kappa shape index (κ2) is 9.45. The number of carboxylic acid groups (broad SMARTS) is 1. The fourth-order valence-electron chi connectivity index (χ4n) is 3.56. The number of nitrogens with one attached hydrogen (secondary N) is 3. The first-order valence-corrected chi connectivity index (χ1v) is 10.5. The van der Waals surface area contributed by atoms with Gasteiger partial charge in [-0.25, -0.2) is 4.79 Å². The van der Waals surface area contributed by atoms with Gasteiger partial charge in [0, 0.05) is 17.7 Å². The van der Waals surface area contributed by atoms with Gasteiger partial charge in [0.15, 0.2) is 5.71 Å². The van der Waals surface area contributed by atoms with E-state index in [2.05, 4.69) is 15.8 Å². The van der Waals surface area contributed by atoms with E-state index < -0.39 is 11.9 Å². The predicted octanol–water partition coefficient (Wildman–Crippen LogP) is 4.14. The molecule has 0 saturated carbocycles. The van der Waals surface area contributed by atoms with Crippen LogP contribution in [0.1, 0.15) is 22.8 Å². The van der Waals surface area contributed by atoms with Crippen molar-refractivity contribution < 1.29 is 24.5 Å². The summed E-state index contributed by atoms with van der Waals surface area (Å²) in [4.78, 5) is 24.0. The maximum Gasteiger partial charge on any atom is 0.335 e. The summed E-state index contributed by atoms with van der Waals surface area (Å²) in [6.45, 7) is 2.04. The lowest BCUT2D eigenvalue weighted by Gasteiger charge is -2.12. The quantitative estimate of drug-likeness (QED) is 0.204. The number of ether oxygens (including phenoxy) is 1. The molecule has 172 valence electrons. The number of carbonyl (C=O) groups excluding carboxylic acids is 1. The fourth-order valence-corrected chi connectivity index (χ4v) is 3.56. The first-order valence-electron chi connectivity index (χ1n) is 10.5. The maximum atomic E-state index is 12.8. The highest BCUT2D eigenvalue weighted by atomic mass is 16.5. The van der Waals surface area contributed by atoms with Crippen LogP contribution in [0.2, 0.25) is 0 Å². The molecular formula is C25H22N4O5. The third-order valence-electron chi connectivity index (χ3n) is 5.26. The van der Waals surface area contributed by atoms with Crippen LogP contribution in [0.3, 0.4) is 0 Å². The second-order valence-corrected chi connectivity index (χ2v) is 7.66. The lowest BCUT2D eigenvalue weighted by Crippen LogP contribution is -2.29. The molecule has 0 radical (unpaired) electrons. The number of aromatic carboxylic acids is 1. The van der Waals surface area contributed by atoms with Crippen LogP contribution in [-0.4, -0.2) is 40.1 Å². The highest BCUT2D eigenvalue weighted by molar-refractivity contribution is 6.67. The number of benzene rings is 3. The third kappa shape index (κ3) is 4.73. The molecule has 5 N–H and O–H groups in total. The van der Waals surface area contributed by atoms with Crippen LogP contribution in [0.4, 0.5) is 11.4 Å². The zero-order valence-electron chi connectivity index (χ0n) is 18.3. The van der Waals surface area contributed by atoms with Crippen LogP contribution in [0.25, 0.3) is 11.1 Å². The first kappa shape index (κ1) is 22.5. The summed E-state index contributed by atoms with van der Waals surface area (Å²) < 4.78 is 5.47. The molecule has 3 aromatic carbocycles. The highest BCUT2D eigenvalue weighted by Crippen LogP contribution is 2.35. The Bertz CT molecular complexity index is 1330. The van der Waals surface area contributed by atoms with Crippen molar-refractivity contribution in [3.8, 4) is 22.6 Å². The minimum absolute atomic E-state index is 0.0701. The maximum absolute atomic E-state index is 12.8. The van der Waals surface area contributed by atoms with Crippen molar-refractivity contribution in [2.45, 2.75) is 13.3 Å². The number of amides is 1. The zero-order chi connectivity index (χ0) is 24.2. The van der Waals surface area contributed by atoms with Gasteiger partial charge < -0.3 is 25.7 Å². The molecule has 0 atom stereocenters. The Morgan fingerprint density at radius 3 is 2.65 bits per heavy atom. The minimum atomic E-state index is -1.08. The monoisotopic (exact) mass is 458 g/mol. The molecule has 1 amide bonds. The van der Waals surface area contributed by atoms with Crippen LogP contribution >= 0.6 is 0 Å². The summed E-state index contributed by atoms with van der Waals surface area (Å²) >= 11 is 0. The van der Waals surface area contributed by atoms with Crippen molar-refractivity contribution in [1.82, 2.24) is 0 Å². The molecule has 9 heteroatoms. The summed E-state index contributed by atoms with van der Waals surface area (Å²) in [6, 6.07) is 16.3. The number of hydrazone groups is 1. The van der Waals surface area contributed by atoms with Gasteiger partial charge in [0.05, 0.1) is 23.6 Å². The van der Waals surface area contributed by atoms with Gasteiger partial charge in [-0.2, -0.15) is 5.10 Å². The van der Waals surface area contributed by atoms with Gasteiger partial charge in [0.2, 0.25) is 0 Å². The number of carbonyl (C=O) groups is 2. The number of fused-ring (bicyclic) bond motifs is 1. The molecule has 3 aromatic rings. The average molecular weight is 458 g/mol. The van der Waals surface area contributed by atoms with Gasteiger partial charge in [0.25, 0.3) is 5.91 Å². The van der Waals surface area contributed by atoms with E-state index in [1.165, 1.54) is 19.1 Å². The number of nitrogens with zero attached hydrogens (tertiary/aromatic N) is 1. The summed E-state index contributed by atoms with van der Waals surface area (Å²) in [5, 5.41) is 34.7. The van der Waals surface area contributed by atoms with Gasteiger partial charge >= 0.3 is 5.97 Å². The molecule has 4 rings (SSSR count). The molecule has 0 spiro atoms. The summed E-state index contributed by atoms with van der Waals surface area (Å²) in [5.74, 6) is -1.03. The van der Waals surface area contributed by atoms with Gasteiger partial charge in [0.1, 0.15) is 11.5 Å². The lowest BCUT2D eigenvalue weighted by molar-refractivity contribution is -0.110. The predicted molar refractivity (Wildman–Crippen MR) is 129 cm³/mol. The molecule has 0 fully saturated rings. The van der Waals surface area contributed by atoms with Crippen molar-refractivity contribution in [3.05, 3.63) is 71.8 Å². The average Bonchev–Trinajstić information content (AvgIpc) is 3.28. The number of hydrogen-bond acceptors (Lipinski definition) is 7. The van der Waals surface area contributed by atoms with E-state index in [0.717, 1.165) is 17.7 Å². The lowest BCUT2D eigenvalue weighted by atomic mass is 10.0. The topological polar surface area (TPSA) is 144 Å². The van der Waals surface area contributed by atoms with Crippen LogP contribution in [-0.2, 0) is 11.2 Å². The normalized spacial score (nSPS) is 12.4. The molecule has 1 aliphatic rings. The number of phenolic OH excluding ortho intramolecular Hbond substituents is 1. The van der Waals surface area contributed by atoms with Gasteiger partial charge in [-0.05, 0) is 54.4 Å². The van der Waals surface area contributed by atoms with E-state index in [-0.39, 0.29) is 28.4 Å². The van der Waals surface area contributed by atoms with Crippen LogP contribution in [0, 0.1) is 5.41 Å². The Hall–Kier alpha value is -4.66. The molecule has 1 aliphatic heterocycles. The zero-order valence-corrected chi connectivity index (χ0v) is 18.3. The molecule has 0 aromatic heterocycles. The standard InChI is InChI=1S/C25H22N4O5/c1-14(26)22(24(31)27-18-8-9-21-16(13-18)10-11-34-21)29-28-20-7-3-6-19(23(20)30)15-4-2-5-17(12-15)25(32)33/h2-9,12-13,26,28,30H,10-11H2,1H3,(H,27,31)(H,32,33)/b26-14?,29-22-. The second-order valence-electron chi connectivity index (χ2n) is 7.66. The number of para-hydroxylation sites is 1. The highest BCUT2D eigenvalue weighted by Gasteiger charge is 2.18. The molecule has 34 heavy (non-hydrogen) atoms. The van der Waals surface area contributed by atoms with E-state index in [9.17, 15) is 19.8 Å². The van der Waals surface area contributed by atoms with Crippen LogP contribution < -0.4 is 15.5 Å². The number of carboxylic acids is 1. The van der Waals surface area contributed by atoms with Crippen LogP contribution in [0.5, 0.6) is 11.5 Å². The largest absolute Gasteiger partial charge is 0.505 e. The van der Waals surface area contributed by atoms with Crippen molar-refractivity contribution in [3.63, 3.8) is 0 Å². The van der Waals surface area contributed by atoms with Crippen molar-refractivity contribution >= 4 is 34.7 Å². The molecule has 9 nitrogen and oxygen atoms in total. The van der Waals surface area contributed by atoms with Crippen molar-refractivity contribution in [2.75, 3.05) is 17.3 Å². The summed E-state index contributed by atoms with van der Waals surface area (Å²) in [5.41, 5.74) is 5.16. The van der Waals surface area contributed by atoms with E-state index >= 15 is 0 Å². The third-order valence-corrected chi connectivity index (χ3v) is 5.26.